The molecule has 15 heavy (non-hydrogen) atoms. The normalized spacial score (nSPS) is 11.7. The van der Waals surface area contributed by atoms with Crippen LogP contribution in [0, 0.1) is 0 Å². The van der Waals surface area contributed by atoms with Crippen molar-refractivity contribution in [3.8, 4) is 0 Å². The van der Waals surface area contributed by atoms with E-state index in [0.717, 1.165) is 6.54 Å². The Bertz CT molecular complexity index is 340. The molecule has 0 saturated heterocycles. The average molecular weight is 210 g/mol. The Morgan fingerprint density at radius 3 is 2.47 bits per heavy atom. The molecule has 0 radical (unpaired) electrons. The summed E-state index contributed by atoms with van der Waals surface area (Å²) >= 11 is 0. The number of aromatic nitrogens is 2. The lowest BCUT2D eigenvalue weighted by atomic mass is 9.89. The molecule has 0 saturated carbocycles. The third-order valence-corrected chi connectivity index (χ3v) is 2.81. The molecule has 84 valence electrons. The van der Waals surface area contributed by atoms with Gasteiger partial charge < -0.3 is 5.11 Å². The molecule has 4 heteroatoms. The van der Waals surface area contributed by atoms with Gasteiger partial charge in [-0.2, -0.15) is 5.10 Å². The predicted molar refractivity (Wildman–Crippen MR) is 57.8 cm³/mol. The van der Waals surface area contributed by atoms with Gasteiger partial charge in [0.1, 0.15) is 5.60 Å². The first-order chi connectivity index (χ1) is 7.07. The highest BCUT2D eigenvalue weighted by molar-refractivity contribution is 6.01. The maximum Gasteiger partial charge on any atom is 0.197 e. The highest BCUT2D eigenvalue weighted by Gasteiger charge is 2.33. The zero-order valence-electron chi connectivity index (χ0n) is 9.53. The molecule has 4 nitrogen and oxygen atoms in total. The Morgan fingerprint density at radius 1 is 1.47 bits per heavy atom. The van der Waals surface area contributed by atoms with Gasteiger partial charge in [-0.15, -0.1) is 0 Å². The Morgan fingerprint density at radius 2 is 2.07 bits per heavy atom. The van der Waals surface area contributed by atoms with E-state index in [-0.39, 0.29) is 5.78 Å². The molecule has 0 aliphatic carbocycles. The lowest BCUT2D eigenvalue weighted by Gasteiger charge is -2.22. The van der Waals surface area contributed by atoms with E-state index in [1.165, 1.54) is 6.20 Å². The Kier molecular flexibility index (Phi) is 3.63. The van der Waals surface area contributed by atoms with Gasteiger partial charge in [-0.1, -0.05) is 13.8 Å². The van der Waals surface area contributed by atoms with Crippen LogP contribution in [-0.2, 0) is 6.54 Å². The Balaban J connectivity index is 2.93. The van der Waals surface area contributed by atoms with E-state index in [1.54, 1.807) is 10.9 Å². The quantitative estimate of drug-likeness (QED) is 0.751. The topological polar surface area (TPSA) is 55.1 Å². The van der Waals surface area contributed by atoms with E-state index in [2.05, 4.69) is 5.10 Å². The monoisotopic (exact) mass is 210 g/mol. The minimum absolute atomic E-state index is 0.229. The van der Waals surface area contributed by atoms with E-state index in [4.69, 9.17) is 0 Å². The summed E-state index contributed by atoms with van der Waals surface area (Å²) in [6.45, 7) is 6.30. The van der Waals surface area contributed by atoms with Crippen molar-refractivity contribution < 1.29 is 9.90 Å². The van der Waals surface area contributed by atoms with Gasteiger partial charge in [-0.3, -0.25) is 9.48 Å². The minimum atomic E-state index is -1.23. The van der Waals surface area contributed by atoms with Gasteiger partial charge in [0.25, 0.3) is 0 Å². The van der Waals surface area contributed by atoms with Crippen molar-refractivity contribution in [2.24, 2.45) is 0 Å². The van der Waals surface area contributed by atoms with Gasteiger partial charge >= 0.3 is 0 Å². The fraction of sp³-hybridized carbons (Fsp3) is 0.636. The second kappa shape index (κ2) is 4.57. The van der Waals surface area contributed by atoms with Crippen LogP contribution in [0.5, 0.6) is 0 Å². The molecule has 0 atom stereocenters. The first kappa shape index (κ1) is 11.9. The number of carbonyl (C=O) groups is 1. The van der Waals surface area contributed by atoms with Crippen molar-refractivity contribution in [3.05, 3.63) is 18.0 Å². The van der Waals surface area contributed by atoms with Gasteiger partial charge in [0.15, 0.2) is 5.78 Å². The fourth-order valence-electron chi connectivity index (χ4n) is 1.49. The Hall–Kier alpha value is -1.16. The zero-order valence-corrected chi connectivity index (χ0v) is 9.53. The van der Waals surface area contributed by atoms with E-state index in [0.29, 0.717) is 18.4 Å². The van der Waals surface area contributed by atoms with Crippen LogP contribution in [0.3, 0.4) is 0 Å². The van der Waals surface area contributed by atoms with Crippen molar-refractivity contribution in [1.29, 1.82) is 0 Å². The number of carbonyl (C=O) groups excluding carboxylic acids is 1. The van der Waals surface area contributed by atoms with Crippen LogP contribution < -0.4 is 0 Å². The molecule has 0 unspecified atom stereocenters. The van der Waals surface area contributed by atoms with Gasteiger partial charge in [-0.05, 0) is 19.8 Å². The summed E-state index contributed by atoms with van der Waals surface area (Å²) < 4.78 is 1.68. The van der Waals surface area contributed by atoms with Crippen LogP contribution in [-0.4, -0.2) is 26.3 Å². The number of ketones is 1. The van der Waals surface area contributed by atoms with E-state index >= 15 is 0 Å². The SMILES string of the molecule is CCn1cc(C(=O)C(O)(CC)CC)cn1. The predicted octanol–water partition coefficient (Wildman–Crippen LogP) is 1.64. The summed E-state index contributed by atoms with van der Waals surface area (Å²) in [5, 5.41) is 14.1. The van der Waals surface area contributed by atoms with Crippen LogP contribution in [0.4, 0.5) is 0 Å². The molecule has 0 amide bonds. The standard InChI is InChI=1S/C11H18N2O2/c1-4-11(15,5-2)10(14)9-7-12-13(6-3)8-9/h7-8,15H,4-6H2,1-3H3. The molecule has 0 spiro atoms. The molecule has 1 heterocycles. The van der Waals surface area contributed by atoms with Gasteiger partial charge in [0.05, 0.1) is 11.8 Å². The molecular weight excluding hydrogens is 192 g/mol. The molecule has 0 aliphatic heterocycles. The maximum absolute atomic E-state index is 12.0. The molecule has 0 fully saturated rings. The highest BCUT2D eigenvalue weighted by atomic mass is 16.3. The van der Waals surface area contributed by atoms with Crippen LogP contribution in [0.15, 0.2) is 12.4 Å². The third-order valence-electron chi connectivity index (χ3n) is 2.81. The van der Waals surface area contributed by atoms with Crippen LogP contribution in [0.25, 0.3) is 0 Å². The van der Waals surface area contributed by atoms with E-state index < -0.39 is 5.60 Å². The van der Waals surface area contributed by atoms with Gasteiger partial charge in [0, 0.05) is 12.7 Å². The first-order valence-corrected chi connectivity index (χ1v) is 5.37. The highest BCUT2D eigenvalue weighted by Crippen LogP contribution is 2.20. The molecule has 0 aromatic carbocycles. The summed E-state index contributed by atoms with van der Waals surface area (Å²) in [6, 6.07) is 0. The summed E-state index contributed by atoms with van der Waals surface area (Å²) in [7, 11) is 0. The second-order valence-electron chi connectivity index (χ2n) is 3.65. The average Bonchev–Trinajstić information content (AvgIpc) is 2.75. The maximum atomic E-state index is 12.0. The number of hydrogen-bond acceptors (Lipinski definition) is 3. The van der Waals surface area contributed by atoms with Gasteiger partial charge in [-0.25, -0.2) is 0 Å². The van der Waals surface area contributed by atoms with Crippen molar-refractivity contribution in [2.45, 2.75) is 45.8 Å². The number of hydrogen-bond donors (Lipinski definition) is 1. The number of nitrogens with zero attached hydrogens (tertiary/aromatic N) is 2. The van der Waals surface area contributed by atoms with E-state index in [9.17, 15) is 9.90 Å². The molecule has 1 N–H and O–H groups in total. The number of rotatable bonds is 5. The lowest BCUT2D eigenvalue weighted by molar-refractivity contribution is 0.0277. The number of Topliss-reactive ketones (excluding diaryl/α,β-unsaturated/α-hetero) is 1. The fourth-order valence-corrected chi connectivity index (χ4v) is 1.49. The van der Waals surface area contributed by atoms with Crippen LogP contribution >= 0.6 is 0 Å². The summed E-state index contributed by atoms with van der Waals surface area (Å²) in [5.41, 5.74) is -0.746. The smallest absolute Gasteiger partial charge is 0.197 e. The first-order valence-electron chi connectivity index (χ1n) is 5.37. The van der Waals surface area contributed by atoms with E-state index in [1.807, 2.05) is 20.8 Å². The van der Waals surface area contributed by atoms with Crippen molar-refractivity contribution in [1.82, 2.24) is 9.78 Å². The van der Waals surface area contributed by atoms with Crippen molar-refractivity contribution in [3.63, 3.8) is 0 Å². The minimum Gasteiger partial charge on any atom is -0.382 e. The molecule has 1 aromatic rings. The Labute approximate surface area is 89.9 Å². The molecule has 1 rings (SSSR count). The van der Waals surface area contributed by atoms with Crippen LogP contribution in [0.2, 0.25) is 0 Å². The number of aryl methyl sites for hydroxylation is 1. The lowest BCUT2D eigenvalue weighted by Crippen LogP contribution is -2.37. The molecule has 1 aromatic heterocycles. The number of aliphatic hydroxyl groups is 1. The molecule has 0 aliphatic rings. The molecule has 0 bridgehead atoms. The summed E-state index contributed by atoms with van der Waals surface area (Å²) in [5.74, 6) is -0.229. The largest absolute Gasteiger partial charge is 0.382 e. The van der Waals surface area contributed by atoms with Crippen LogP contribution in [0.1, 0.15) is 44.0 Å². The van der Waals surface area contributed by atoms with Gasteiger partial charge in [0.2, 0.25) is 0 Å². The summed E-state index contributed by atoms with van der Waals surface area (Å²) in [6.07, 6.45) is 4.06. The summed E-state index contributed by atoms with van der Waals surface area (Å²) in [4.78, 5) is 12.0. The van der Waals surface area contributed by atoms with Crippen molar-refractivity contribution >= 4 is 5.78 Å². The second-order valence-corrected chi connectivity index (χ2v) is 3.65. The molecular formula is C11H18N2O2. The van der Waals surface area contributed by atoms with Crippen molar-refractivity contribution in [2.75, 3.05) is 0 Å². The third kappa shape index (κ3) is 2.26. The zero-order chi connectivity index (χ0) is 11.5.